The molecular formula is C64H92N10O19. The number of nitrogens with one attached hydrogen (secondary N) is 7. The van der Waals surface area contributed by atoms with Gasteiger partial charge in [-0.1, -0.05) is 53.7 Å². The van der Waals surface area contributed by atoms with Gasteiger partial charge >= 0.3 is 0 Å². The molecular weight excluding hydrogens is 1210 g/mol. The Balaban J connectivity index is 0.962. The largest absolute Gasteiger partial charge is 0.507 e. The minimum atomic E-state index is -2.45. The number of methoxy groups -OCH3 is 1. The fourth-order valence-electron chi connectivity index (χ4n) is 12.8. The van der Waals surface area contributed by atoms with Crippen LogP contribution in [0.5, 0.6) is 17.2 Å². The number of phenols is 2. The molecule has 2 aromatic carbocycles. The summed E-state index contributed by atoms with van der Waals surface area (Å²) in [6.07, 6.45) is -6.08. The highest BCUT2D eigenvalue weighted by molar-refractivity contribution is 6.31. The second kappa shape index (κ2) is 32.0. The first kappa shape index (κ1) is 72.8. The van der Waals surface area contributed by atoms with Gasteiger partial charge in [0.2, 0.25) is 53.0 Å². The van der Waals surface area contributed by atoms with Gasteiger partial charge in [0.25, 0.3) is 0 Å². The molecule has 0 aromatic heterocycles. The fraction of sp³-hybridized carbons (Fsp3) is 0.641. The van der Waals surface area contributed by atoms with E-state index in [0.29, 0.717) is 52.1 Å². The first-order chi connectivity index (χ1) is 43.9. The first-order valence-corrected chi connectivity index (χ1v) is 31.9. The number of amides is 8. The standard InChI is InChI=1S/C64H92N10O19/c1-32(2)22-40(71-63(89)43-13-11-16-74(43)49(80)29-66-48(79)30-73-20-18-72(19-21-73)17-15-65-36(8)76)60(86)67-28-47(78)68-41(23-33(3)4)61(87)70-42(24-34(5)6)62(88)69-39-25-50(92-35(7)55(39)81)93-45-27-64(90,46(77)31-75)26-38-52(45)59(85)54-53(57(38)83)56(82)37-12-10-14-44(91-9)51(37)58(54)84/h10,12,14,32-35,39-43,45,50,55,75,81,83,85,90H,11,13,15-31H2,1-9H3,(H,65,76)(H,66,79)(H,67,86)(H,68,78)(H,69,88)(H,70,87)(H,71,89)/t35-,39-,40-,41-,42-,43-,45-,50-,55+,64-/m0/s1. The van der Waals surface area contributed by atoms with Crippen LogP contribution in [0.1, 0.15) is 149 Å². The van der Waals surface area contributed by atoms with Gasteiger partial charge in [-0.2, -0.15) is 0 Å². The summed E-state index contributed by atoms with van der Waals surface area (Å²) < 4.78 is 17.8. The number of aromatic hydroxyl groups is 2. The number of piperazine rings is 1. The number of hydrogen-bond acceptors (Lipinski definition) is 21. The highest BCUT2D eigenvalue weighted by Crippen LogP contribution is 2.52. The fourth-order valence-corrected chi connectivity index (χ4v) is 12.8. The molecule has 10 atom stereocenters. The van der Waals surface area contributed by atoms with Gasteiger partial charge in [0, 0.05) is 88.7 Å². The van der Waals surface area contributed by atoms with Crippen molar-refractivity contribution >= 4 is 64.6 Å². The van der Waals surface area contributed by atoms with E-state index in [9.17, 15) is 78.3 Å². The van der Waals surface area contributed by atoms with E-state index < -0.39 is 162 Å². The van der Waals surface area contributed by atoms with Crippen LogP contribution in [-0.2, 0) is 59.0 Å². The summed E-state index contributed by atoms with van der Waals surface area (Å²) in [7, 11) is 1.28. The number of aliphatic hydroxyl groups excluding tert-OH is 2. The Hall–Kier alpha value is -7.67. The number of Topliss-reactive ketones (excluding diaryl/α,β-unsaturated/α-hetero) is 1. The van der Waals surface area contributed by atoms with Crippen LogP contribution in [-0.4, -0.2) is 238 Å². The number of benzene rings is 2. The van der Waals surface area contributed by atoms with Crippen molar-refractivity contribution in [2.45, 2.75) is 167 Å². The second-order valence-corrected chi connectivity index (χ2v) is 26.1. The lowest BCUT2D eigenvalue weighted by atomic mass is 9.72. The maximum atomic E-state index is 14.4. The van der Waals surface area contributed by atoms with Crippen LogP contribution < -0.4 is 42.0 Å². The number of phenolic OH excluding ortho intramolecular Hbond substituents is 2. The highest BCUT2D eigenvalue weighted by Gasteiger charge is 2.51. The molecule has 0 bridgehead atoms. The van der Waals surface area contributed by atoms with Crippen LogP contribution in [0.3, 0.4) is 0 Å². The Labute approximate surface area is 540 Å². The number of hydrogen-bond donors (Lipinski definition) is 12. The normalized spacial score (nSPS) is 23.2. The number of carbonyl (C=O) groups excluding carboxylic acids is 11. The van der Waals surface area contributed by atoms with Crippen molar-refractivity contribution in [3.63, 3.8) is 0 Å². The molecule has 2 aromatic rings. The average Bonchev–Trinajstić information content (AvgIpc) is 1.52. The molecule has 0 saturated carbocycles. The summed E-state index contributed by atoms with van der Waals surface area (Å²) in [6.45, 7) is 16.0. The molecule has 3 fully saturated rings. The molecule has 0 radical (unpaired) electrons. The topological polar surface area (TPSA) is 411 Å². The molecule has 3 saturated heterocycles. The molecule has 93 heavy (non-hydrogen) atoms. The number of aliphatic hydroxyl groups is 3. The van der Waals surface area contributed by atoms with Crippen LogP contribution >= 0.6 is 0 Å². The van der Waals surface area contributed by atoms with Gasteiger partial charge in [-0.05, 0) is 62.8 Å². The molecule has 0 spiro atoms. The Morgan fingerprint density at radius 1 is 0.742 bits per heavy atom. The molecule has 2 aliphatic carbocycles. The number of fused-ring (bicyclic) bond motifs is 3. The van der Waals surface area contributed by atoms with Gasteiger partial charge in [0.05, 0.1) is 61.7 Å². The molecule has 12 N–H and O–H groups in total. The van der Waals surface area contributed by atoms with Crippen molar-refractivity contribution in [2.24, 2.45) is 17.8 Å². The van der Waals surface area contributed by atoms with Gasteiger partial charge in [-0.15, -0.1) is 0 Å². The summed E-state index contributed by atoms with van der Waals surface area (Å²) >= 11 is 0. The minimum Gasteiger partial charge on any atom is -0.507 e. The zero-order chi connectivity index (χ0) is 68.3. The van der Waals surface area contributed by atoms with E-state index in [1.165, 1.54) is 44.1 Å². The van der Waals surface area contributed by atoms with Crippen molar-refractivity contribution in [3.05, 3.63) is 51.6 Å². The van der Waals surface area contributed by atoms with Gasteiger partial charge in [-0.25, -0.2) is 0 Å². The predicted molar refractivity (Wildman–Crippen MR) is 332 cm³/mol. The second-order valence-electron chi connectivity index (χ2n) is 26.1. The molecule has 7 rings (SSSR count). The van der Waals surface area contributed by atoms with Crippen LogP contribution in [0.25, 0.3) is 0 Å². The zero-order valence-corrected chi connectivity index (χ0v) is 54.4. The van der Waals surface area contributed by atoms with E-state index in [4.69, 9.17) is 14.2 Å². The molecule has 3 aliphatic heterocycles. The third-order valence-corrected chi connectivity index (χ3v) is 17.5. The van der Waals surface area contributed by atoms with E-state index >= 15 is 0 Å². The highest BCUT2D eigenvalue weighted by atomic mass is 16.7. The molecule has 3 heterocycles. The van der Waals surface area contributed by atoms with Gasteiger partial charge < -0.3 is 81.9 Å². The van der Waals surface area contributed by atoms with Crippen molar-refractivity contribution in [1.29, 1.82) is 0 Å². The number of likely N-dealkylation sites (tertiary alicyclic amines) is 1. The van der Waals surface area contributed by atoms with E-state index in [1.54, 1.807) is 13.8 Å². The lowest BCUT2D eigenvalue weighted by Crippen LogP contribution is -2.60. The van der Waals surface area contributed by atoms with E-state index in [-0.39, 0.29) is 103 Å². The minimum absolute atomic E-state index is 0.0101. The lowest BCUT2D eigenvalue weighted by molar-refractivity contribution is -0.249. The van der Waals surface area contributed by atoms with Crippen LogP contribution in [0.15, 0.2) is 18.2 Å². The Bertz CT molecular complexity index is 3150. The SMILES string of the molecule is COc1cccc2c1C(=O)c1c(O)c3c(c(O)c1C2=O)C[C@@](O)(C(=O)CO)C[C@@H]3O[C@H]1C[C@H](NC(=O)[C@H](CC(C)C)NC(=O)[C@H](CC(C)C)NC(=O)CNC(=O)[C@H](CC(C)C)NC(=O)[C@@H]2CCCN2C(=O)CNC(=O)CN2CCN(CCNC(C)=O)CC2)[C@H](O)[C@H](C)O1. The van der Waals surface area contributed by atoms with Gasteiger partial charge in [0.1, 0.15) is 59.7 Å². The van der Waals surface area contributed by atoms with Crippen LogP contribution in [0, 0.1) is 17.8 Å². The Kier molecular flexibility index (Phi) is 25.0. The lowest BCUT2D eigenvalue weighted by Gasteiger charge is -2.43. The van der Waals surface area contributed by atoms with E-state index in [1.807, 2.05) is 32.6 Å². The van der Waals surface area contributed by atoms with Crippen molar-refractivity contribution in [1.82, 2.24) is 51.9 Å². The van der Waals surface area contributed by atoms with E-state index in [0.717, 1.165) is 0 Å². The monoisotopic (exact) mass is 1300 g/mol. The third kappa shape index (κ3) is 18.0. The average molecular weight is 1310 g/mol. The molecule has 0 unspecified atom stereocenters. The quantitative estimate of drug-likeness (QED) is 0.0377. The van der Waals surface area contributed by atoms with Crippen LogP contribution in [0.2, 0.25) is 0 Å². The maximum Gasteiger partial charge on any atom is 0.243 e. The Morgan fingerprint density at radius 2 is 1.37 bits per heavy atom. The summed E-state index contributed by atoms with van der Waals surface area (Å²) in [5.41, 5.74) is -4.55. The predicted octanol–water partition coefficient (Wildman–Crippen LogP) is -1.27. The third-order valence-electron chi connectivity index (χ3n) is 17.5. The van der Waals surface area contributed by atoms with Crippen molar-refractivity contribution < 1.29 is 92.5 Å². The summed E-state index contributed by atoms with van der Waals surface area (Å²) in [5, 5.41) is 76.1. The van der Waals surface area contributed by atoms with Gasteiger partial charge in [0.15, 0.2) is 17.9 Å². The molecule has 5 aliphatic rings. The first-order valence-electron chi connectivity index (χ1n) is 31.9. The summed E-state index contributed by atoms with van der Waals surface area (Å²) in [5.74, 6) is -9.38. The summed E-state index contributed by atoms with van der Waals surface area (Å²) in [4.78, 5) is 154. The summed E-state index contributed by atoms with van der Waals surface area (Å²) in [6, 6.07) is -1.48. The molecule has 8 amide bonds. The zero-order valence-electron chi connectivity index (χ0n) is 54.4. The number of ketones is 3. The number of ether oxygens (including phenoxy) is 3. The Morgan fingerprint density at radius 3 is 1.99 bits per heavy atom. The van der Waals surface area contributed by atoms with Gasteiger partial charge in [-0.3, -0.25) is 62.5 Å². The smallest absolute Gasteiger partial charge is 0.243 e. The van der Waals surface area contributed by atoms with Crippen LogP contribution in [0.4, 0.5) is 0 Å². The molecule has 29 heteroatoms. The number of rotatable bonds is 28. The van der Waals surface area contributed by atoms with E-state index in [2.05, 4.69) is 42.1 Å². The maximum absolute atomic E-state index is 14.4. The van der Waals surface area contributed by atoms with Crippen molar-refractivity contribution in [2.75, 3.05) is 79.2 Å². The number of nitrogens with zero attached hydrogens (tertiary/aromatic N) is 3. The molecule has 29 nitrogen and oxygen atoms in total. The molecule has 512 valence electrons. The number of carbonyl (C=O) groups is 11. The van der Waals surface area contributed by atoms with Crippen molar-refractivity contribution in [3.8, 4) is 17.2 Å².